The number of nitrogens with one attached hydrogen (secondary N) is 1. The molecule has 0 radical (unpaired) electrons. The molecule has 1 atom stereocenters. The van der Waals surface area contributed by atoms with Crippen molar-refractivity contribution in [2.45, 2.75) is 30.6 Å². The summed E-state index contributed by atoms with van der Waals surface area (Å²) in [6, 6.07) is 10.0. The topological polar surface area (TPSA) is 38.3 Å². The highest BCUT2D eigenvalue weighted by Gasteiger charge is 2.37. The third-order valence-electron chi connectivity index (χ3n) is 2.30. The van der Waals surface area contributed by atoms with E-state index in [4.69, 9.17) is 4.74 Å². The molecule has 0 bridgehead atoms. The van der Waals surface area contributed by atoms with E-state index in [1.54, 1.807) is 11.8 Å². The lowest BCUT2D eigenvalue weighted by Crippen LogP contribution is -2.35. The Bertz CT molecular complexity index is 378. The number of ether oxygens (including phenoxy) is 1. The standard InChI is InChI=1S/C12H15NO2S/c1-12(2)13-11(14)10(15-12)8-16-9-6-4-3-5-7-9/h3-7,10H,8H2,1-2H3,(H,13,14). The molecule has 1 fully saturated rings. The fourth-order valence-corrected chi connectivity index (χ4v) is 2.53. The predicted molar refractivity (Wildman–Crippen MR) is 64.3 cm³/mol. The number of hydrogen-bond donors (Lipinski definition) is 1. The first-order valence-electron chi connectivity index (χ1n) is 5.24. The maximum Gasteiger partial charge on any atom is 0.252 e. The average molecular weight is 237 g/mol. The summed E-state index contributed by atoms with van der Waals surface area (Å²) >= 11 is 1.64. The first kappa shape index (κ1) is 11.5. The van der Waals surface area contributed by atoms with Crippen LogP contribution in [0.2, 0.25) is 0 Å². The third-order valence-corrected chi connectivity index (χ3v) is 3.37. The molecule has 1 N–H and O–H groups in total. The zero-order valence-electron chi connectivity index (χ0n) is 9.40. The fourth-order valence-electron chi connectivity index (χ4n) is 1.61. The van der Waals surface area contributed by atoms with Gasteiger partial charge in [0.2, 0.25) is 0 Å². The summed E-state index contributed by atoms with van der Waals surface area (Å²) in [5.74, 6) is 0.632. The summed E-state index contributed by atoms with van der Waals surface area (Å²) < 4.78 is 5.60. The van der Waals surface area contributed by atoms with E-state index in [0.29, 0.717) is 5.75 Å². The van der Waals surface area contributed by atoms with Crippen LogP contribution in [0.3, 0.4) is 0 Å². The molecule has 0 saturated carbocycles. The van der Waals surface area contributed by atoms with Crippen molar-refractivity contribution in [3.63, 3.8) is 0 Å². The number of carbonyl (C=O) groups is 1. The molecule has 1 saturated heterocycles. The molecular weight excluding hydrogens is 222 g/mol. The number of benzene rings is 1. The summed E-state index contributed by atoms with van der Waals surface area (Å²) in [6.07, 6.45) is -0.347. The Hall–Kier alpha value is -1.00. The van der Waals surface area contributed by atoms with E-state index >= 15 is 0 Å². The second kappa shape index (κ2) is 4.47. The van der Waals surface area contributed by atoms with Crippen molar-refractivity contribution in [3.05, 3.63) is 30.3 Å². The summed E-state index contributed by atoms with van der Waals surface area (Å²) in [4.78, 5) is 12.7. The van der Waals surface area contributed by atoms with Gasteiger partial charge in [-0.1, -0.05) is 18.2 Å². The number of amides is 1. The quantitative estimate of drug-likeness (QED) is 0.817. The first-order chi connectivity index (χ1) is 7.57. The van der Waals surface area contributed by atoms with Gasteiger partial charge in [0.1, 0.15) is 11.8 Å². The van der Waals surface area contributed by atoms with Crippen LogP contribution in [-0.2, 0) is 9.53 Å². The molecule has 0 aliphatic carbocycles. The summed E-state index contributed by atoms with van der Waals surface area (Å²) in [5, 5.41) is 2.80. The van der Waals surface area contributed by atoms with Crippen LogP contribution in [0.5, 0.6) is 0 Å². The van der Waals surface area contributed by atoms with E-state index in [-0.39, 0.29) is 12.0 Å². The Morgan fingerprint density at radius 2 is 2.06 bits per heavy atom. The molecule has 1 aromatic rings. The van der Waals surface area contributed by atoms with Gasteiger partial charge in [-0.05, 0) is 26.0 Å². The second-order valence-corrected chi connectivity index (χ2v) is 5.32. The van der Waals surface area contributed by atoms with Gasteiger partial charge in [-0.2, -0.15) is 0 Å². The number of rotatable bonds is 3. The van der Waals surface area contributed by atoms with Crippen molar-refractivity contribution in [3.8, 4) is 0 Å². The van der Waals surface area contributed by atoms with Gasteiger partial charge >= 0.3 is 0 Å². The minimum Gasteiger partial charge on any atom is -0.342 e. The van der Waals surface area contributed by atoms with Gasteiger partial charge in [0, 0.05) is 10.6 Å². The van der Waals surface area contributed by atoms with Gasteiger partial charge < -0.3 is 10.1 Å². The number of hydrogen-bond acceptors (Lipinski definition) is 3. The number of thioether (sulfide) groups is 1. The van der Waals surface area contributed by atoms with Gasteiger partial charge in [-0.3, -0.25) is 4.79 Å². The first-order valence-corrected chi connectivity index (χ1v) is 6.23. The Kier molecular flexibility index (Phi) is 3.21. The van der Waals surface area contributed by atoms with Crippen LogP contribution in [0.1, 0.15) is 13.8 Å². The van der Waals surface area contributed by atoms with E-state index < -0.39 is 5.72 Å². The third kappa shape index (κ3) is 2.77. The molecule has 4 heteroatoms. The zero-order valence-corrected chi connectivity index (χ0v) is 10.2. The highest BCUT2D eigenvalue weighted by Crippen LogP contribution is 2.24. The Morgan fingerprint density at radius 1 is 1.38 bits per heavy atom. The van der Waals surface area contributed by atoms with E-state index in [1.165, 1.54) is 0 Å². The lowest BCUT2D eigenvalue weighted by molar-refractivity contribution is -0.122. The molecule has 0 aromatic heterocycles. The van der Waals surface area contributed by atoms with Crippen molar-refractivity contribution < 1.29 is 9.53 Å². The lowest BCUT2D eigenvalue weighted by atomic mass is 10.3. The van der Waals surface area contributed by atoms with Crippen molar-refractivity contribution in [2.24, 2.45) is 0 Å². The molecule has 86 valence electrons. The molecule has 16 heavy (non-hydrogen) atoms. The molecule has 0 spiro atoms. The Balaban J connectivity index is 1.90. The van der Waals surface area contributed by atoms with Crippen LogP contribution in [0, 0.1) is 0 Å². The largest absolute Gasteiger partial charge is 0.342 e. The van der Waals surface area contributed by atoms with E-state index in [9.17, 15) is 4.79 Å². The van der Waals surface area contributed by atoms with Crippen LogP contribution in [0.4, 0.5) is 0 Å². The molecule has 1 heterocycles. The van der Waals surface area contributed by atoms with Gasteiger partial charge in [-0.15, -0.1) is 11.8 Å². The van der Waals surface area contributed by atoms with E-state index in [2.05, 4.69) is 5.32 Å². The normalized spacial score (nSPS) is 23.1. The van der Waals surface area contributed by atoms with Crippen LogP contribution in [-0.4, -0.2) is 23.5 Å². The Labute approximate surface area is 99.6 Å². The Morgan fingerprint density at radius 3 is 2.62 bits per heavy atom. The van der Waals surface area contributed by atoms with Crippen LogP contribution in [0.15, 0.2) is 35.2 Å². The maximum absolute atomic E-state index is 11.6. The lowest BCUT2D eigenvalue weighted by Gasteiger charge is -2.17. The maximum atomic E-state index is 11.6. The van der Waals surface area contributed by atoms with Gasteiger partial charge in [-0.25, -0.2) is 0 Å². The second-order valence-electron chi connectivity index (χ2n) is 4.23. The minimum atomic E-state index is -0.529. The molecule has 1 unspecified atom stereocenters. The fraction of sp³-hybridized carbons (Fsp3) is 0.417. The summed E-state index contributed by atoms with van der Waals surface area (Å²) in [5.41, 5.74) is -0.529. The molecule has 1 aliphatic heterocycles. The zero-order chi connectivity index (χ0) is 11.6. The van der Waals surface area contributed by atoms with Crippen molar-refractivity contribution in [1.82, 2.24) is 5.32 Å². The van der Waals surface area contributed by atoms with Gasteiger partial charge in [0.15, 0.2) is 0 Å². The van der Waals surface area contributed by atoms with Gasteiger partial charge in [0.25, 0.3) is 5.91 Å². The summed E-state index contributed by atoms with van der Waals surface area (Å²) in [6.45, 7) is 3.72. The van der Waals surface area contributed by atoms with E-state index in [0.717, 1.165) is 4.90 Å². The van der Waals surface area contributed by atoms with Crippen molar-refractivity contribution in [2.75, 3.05) is 5.75 Å². The van der Waals surface area contributed by atoms with Crippen molar-refractivity contribution >= 4 is 17.7 Å². The SMILES string of the molecule is CC1(C)NC(=O)C(CSc2ccccc2)O1. The molecule has 3 nitrogen and oxygen atoms in total. The number of carbonyl (C=O) groups excluding carboxylic acids is 1. The highest BCUT2D eigenvalue weighted by molar-refractivity contribution is 7.99. The van der Waals surface area contributed by atoms with E-state index in [1.807, 2.05) is 44.2 Å². The smallest absolute Gasteiger partial charge is 0.252 e. The molecule has 1 aromatic carbocycles. The average Bonchev–Trinajstić information content (AvgIpc) is 2.50. The highest BCUT2D eigenvalue weighted by atomic mass is 32.2. The molecule has 1 amide bonds. The van der Waals surface area contributed by atoms with Crippen LogP contribution >= 0.6 is 11.8 Å². The molecule has 2 rings (SSSR count). The summed E-state index contributed by atoms with van der Waals surface area (Å²) in [7, 11) is 0. The minimum absolute atomic E-state index is 0.0200. The molecule has 1 aliphatic rings. The monoisotopic (exact) mass is 237 g/mol. The predicted octanol–water partition coefficient (Wildman–Crippen LogP) is 2.03. The van der Waals surface area contributed by atoms with Crippen molar-refractivity contribution in [1.29, 1.82) is 0 Å². The molecular formula is C12H15NO2S. The van der Waals surface area contributed by atoms with Gasteiger partial charge in [0.05, 0.1) is 0 Å². The van der Waals surface area contributed by atoms with Crippen LogP contribution < -0.4 is 5.32 Å². The van der Waals surface area contributed by atoms with Crippen LogP contribution in [0.25, 0.3) is 0 Å².